The molecule has 0 aliphatic carbocycles. The van der Waals surface area contributed by atoms with Crippen LogP contribution in [0.25, 0.3) is 0 Å². The molecular formula is C21H25ClN2O3. The largest absolute Gasteiger partial charge is 0.481 e. The molecule has 0 aliphatic heterocycles. The average Bonchev–Trinajstić information content (AvgIpc) is 2.65. The van der Waals surface area contributed by atoms with Crippen LogP contribution in [-0.2, 0) is 4.79 Å². The number of halogens is 1. The number of nitrogens with zero attached hydrogens (tertiary/aromatic N) is 1. The number of rotatable bonds is 7. The van der Waals surface area contributed by atoms with Crippen LogP contribution in [0.4, 0.5) is 5.69 Å². The first-order valence-electron chi connectivity index (χ1n) is 8.98. The standard InChI is InChI=1S/C21H25ClN2O3/c1-5-24(6-2)21(26)16-8-7-9-18(13-16)23-20(25)15(4)27-19-11-10-17(22)12-14(19)3/h7-13,15H,5-6H2,1-4H3,(H,23,25). The Morgan fingerprint density at radius 3 is 2.48 bits per heavy atom. The number of aryl methyl sites for hydroxylation is 1. The molecule has 0 aromatic heterocycles. The number of carbonyl (C=O) groups excluding carboxylic acids is 2. The molecule has 1 atom stereocenters. The molecule has 144 valence electrons. The highest BCUT2D eigenvalue weighted by Gasteiger charge is 2.17. The van der Waals surface area contributed by atoms with Crippen LogP contribution in [0.2, 0.25) is 5.02 Å². The van der Waals surface area contributed by atoms with E-state index >= 15 is 0 Å². The maximum absolute atomic E-state index is 12.5. The van der Waals surface area contributed by atoms with Gasteiger partial charge in [0.25, 0.3) is 11.8 Å². The van der Waals surface area contributed by atoms with E-state index in [9.17, 15) is 9.59 Å². The highest BCUT2D eigenvalue weighted by Crippen LogP contribution is 2.23. The van der Waals surface area contributed by atoms with Crippen molar-refractivity contribution in [2.24, 2.45) is 0 Å². The predicted molar refractivity (Wildman–Crippen MR) is 109 cm³/mol. The first kappa shape index (κ1) is 20.8. The minimum absolute atomic E-state index is 0.0582. The molecule has 1 N–H and O–H groups in total. The Kier molecular flexibility index (Phi) is 7.25. The lowest BCUT2D eigenvalue weighted by molar-refractivity contribution is -0.122. The Bertz CT molecular complexity index is 819. The van der Waals surface area contributed by atoms with Gasteiger partial charge in [0.05, 0.1) is 0 Å². The molecule has 1 unspecified atom stereocenters. The summed E-state index contributed by atoms with van der Waals surface area (Å²) < 4.78 is 5.74. The summed E-state index contributed by atoms with van der Waals surface area (Å²) in [6.07, 6.45) is -0.702. The molecule has 2 amide bonds. The van der Waals surface area contributed by atoms with Crippen LogP contribution in [0.15, 0.2) is 42.5 Å². The van der Waals surface area contributed by atoms with Gasteiger partial charge in [0.1, 0.15) is 5.75 Å². The number of nitrogens with one attached hydrogen (secondary N) is 1. The summed E-state index contributed by atoms with van der Waals surface area (Å²) in [6, 6.07) is 12.2. The Morgan fingerprint density at radius 2 is 1.85 bits per heavy atom. The number of hydrogen-bond acceptors (Lipinski definition) is 3. The van der Waals surface area contributed by atoms with E-state index in [2.05, 4.69) is 5.32 Å². The molecule has 6 heteroatoms. The van der Waals surface area contributed by atoms with Gasteiger partial charge in [0.2, 0.25) is 0 Å². The predicted octanol–water partition coefficient (Wildman–Crippen LogP) is 4.54. The number of benzene rings is 2. The van der Waals surface area contributed by atoms with Crippen molar-refractivity contribution in [3.05, 3.63) is 58.6 Å². The van der Waals surface area contributed by atoms with Crippen LogP contribution >= 0.6 is 11.6 Å². The van der Waals surface area contributed by atoms with Crippen LogP contribution < -0.4 is 10.1 Å². The van der Waals surface area contributed by atoms with Crippen molar-refractivity contribution in [3.63, 3.8) is 0 Å². The van der Waals surface area contributed by atoms with Gasteiger partial charge in [-0.3, -0.25) is 9.59 Å². The zero-order chi connectivity index (χ0) is 20.0. The minimum Gasteiger partial charge on any atom is -0.481 e. The van der Waals surface area contributed by atoms with E-state index in [1.54, 1.807) is 54.3 Å². The number of anilines is 1. The van der Waals surface area contributed by atoms with Gasteiger partial charge in [-0.1, -0.05) is 17.7 Å². The van der Waals surface area contributed by atoms with E-state index < -0.39 is 6.10 Å². The van der Waals surface area contributed by atoms with Gasteiger partial charge in [0, 0.05) is 29.4 Å². The van der Waals surface area contributed by atoms with Crippen molar-refractivity contribution >= 4 is 29.1 Å². The van der Waals surface area contributed by atoms with Crippen LogP contribution in [-0.4, -0.2) is 35.9 Å². The summed E-state index contributed by atoms with van der Waals surface area (Å²) >= 11 is 5.94. The number of hydrogen-bond donors (Lipinski definition) is 1. The minimum atomic E-state index is -0.702. The lowest BCUT2D eigenvalue weighted by atomic mass is 10.1. The quantitative estimate of drug-likeness (QED) is 0.757. The van der Waals surface area contributed by atoms with Gasteiger partial charge in [-0.25, -0.2) is 0 Å². The summed E-state index contributed by atoms with van der Waals surface area (Å²) in [5.41, 5.74) is 1.95. The smallest absolute Gasteiger partial charge is 0.265 e. The second-order valence-electron chi connectivity index (χ2n) is 6.22. The Labute approximate surface area is 165 Å². The molecule has 2 rings (SSSR count). The third-order valence-electron chi connectivity index (χ3n) is 4.24. The van der Waals surface area contributed by atoms with E-state index in [4.69, 9.17) is 16.3 Å². The van der Waals surface area contributed by atoms with Gasteiger partial charge in [-0.05, 0) is 69.7 Å². The number of amides is 2. The molecule has 0 saturated carbocycles. The van der Waals surface area contributed by atoms with Gasteiger partial charge >= 0.3 is 0 Å². The van der Waals surface area contributed by atoms with Gasteiger partial charge in [-0.2, -0.15) is 0 Å². The van der Waals surface area contributed by atoms with Gasteiger partial charge < -0.3 is 15.0 Å². The molecule has 27 heavy (non-hydrogen) atoms. The summed E-state index contributed by atoms with van der Waals surface area (Å²) in [7, 11) is 0. The molecule has 0 aliphatic rings. The third-order valence-corrected chi connectivity index (χ3v) is 4.47. The lowest BCUT2D eigenvalue weighted by Crippen LogP contribution is -2.31. The molecule has 0 radical (unpaired) electrons. The summed E-state index contributed by atoms with van der Waals surface area (Å²) in [5, 5.41) is 3.42. The second kappa shape index (κ2) is 9.42. The fraction of sp³-hybridized carbons (Fsp3) is 0.333. The molecular weight excluding hydrogens is 364 g/mol. The van der Waals surface area contributed by atoms with Gasteiger partial charge in [-0.15, -0.1) is 0 Å². The molecule has 0 bridgehead atoms. The Morgan fingerprint density at radius 1 is 1.15 bits per heavy atom. The van der Waals surface area contributed by atoms with E-state index in [1.165, 1.54) is 0 Å². The van der Waals surface area contributed by atoms with Crippen molar-refractivity contribution in [1.29, 1.82) is 0 Å². The normalized spacial score (nSPS) is 11.6. The first-order valence-corrected chi connectivity index (χ1v) is 9.36. The molecule has 0 saturated heterocycles. The number of ether oxygens (including phenoxy) is 1. The molecule has 0 spiro atoms. The SMILES string of the molecule is CCN(CC)C(=O)c1cccc(NC(=O)C(C)Oc2ccc(Cl)cc2C)c1. The molecule has 0 fully saturated rings. The monoisotopic (exact) mass is 388 g/mol. The molecule has 5 nitrogen and oxygen atoms in total. The van der Waals surface area contributed by atoms with Crippen LogP contribution in [0.3, 0.4) is 0 Å². The summed E-state index contributed by atoms with van der Waals surface area (Å²) in [4.78, 5) is 26.7. The first-order chi connectivity index (χ1) is 12.8. The van der Waals surface area contributed by atoms with Crippen molar-refractivity contribution in [1.82, 2.24) is 4.90 Å². The molecule has 2 aromatic carbocycles. The van der Waals surface area contributed by atoms with Crippen molar-refractivity contribution in [2.45, 2.75) is 33.8 Å². The van der Waals surface area contributed by atoms with Crippen molar-refractivity contribution in [3.8, 4) is 5.75 Å². The molecule has 2 aromatic rings. The maximum atomic E-state index is 12.5. The zero-order valence-corrected chi connectivity index (χ0v) is 16.8. The number of carbonyl (C=O) groups is 2. The van der Waals surface area contributed by atoms with Crippen LogP contribution in [0.1, 0.15) is 36.7 Å². The Hall–Kier alpha value is -2.53. The maximum Gasteiger partial charge on any atom is 0.265 e. The highest BCUT2D eigenvalue weighted by molar-refractivity contribution is 6.30. The topological polar surface area (TPSA) is 58.6 Å². The van der Waals surface area contributed by atoms with E-state index in [-0.39, 0.29) is 11.8 Å². The van der Waals surface area contributed by atoms with E-state index in [0.29, 0.717) is 35.1 Å². The average molecular weight is 389 g/mol. The fourth-order valence-corrected chi connectivity index (χ4v) is 2.88. The van der Waals surface area contributed by atoms with E-state index in [0.717, 1.165) is 5.56 Å². The zero-order valence-electron chi connectivity index (χ0n) is 16.1. The fourth-order valence-electron chi connectivity index (χ4n) is 2.66. The van der Waals surface area contributed by atoms with Gasteiger partial charge in [0.15, 0.2) is 6.10 Å². The highest BCUT2D eigenvalue weighted by atomic mass is 35.5. The Balaban J connectivity index is 2.06. The van der Waals surface area contributed by atoms with Crippen LogP contribution in [0.5, 0.6) is 5.75 Å². The van der Waals surface area contributed by atoms with Crippen molar-refractivity contribution < 1.29 is 14.3 Å². The van der Waals surface area contributed by atoms with Crippen LogP contribution in [0, 0.1) is 6.92 Å². The molecule has 0 heterocycles. The van der Waals surface area contributed by atoms with E-state index in [1.807, 2.05) is 20.8 Å². The third kappa shape index (κ3) is 5.47. The second-order valence-corrected chi connectivity index (χ2v) is 6.65. The summed E-state index contributed by atoms with van der Waals surface area (Å²) in [6.45, 7) is 8.69. The lowest BCUT2D eigenvalue weighted by Gasteiger charge is -2.19. The van der Waals surface area contributed by atoms with Crippen molar-refractivity contribution in [2.75, 3.05) is 18.4 Å². The summed E-state index contributed by atoms with van der Waals surface area (Å²) in [5.74, 6) is 0.251.